The number of nitrogens with one attached hydrogen (secondary N) is 1. The zero-order valence-corrected chi connectivity index (χ0v) is 4.80. The van der Waals surface area contributed by atoms with Gasteiger partial charge in [0.15, 0.2) is 0 Å². The Kier molecular flexibility index (Phi) is 1.12. The Bertz CT molecular complexity index is 301. The summed E-state index contributed by atoms with van der Waals surface area (Å²) in [5.74, 6) is 0. The molecule has 0 saturated carbocycles. The van der Waals surface area contributed by atoms with Crippen LogP contribution in [0, 0.1) is 17.5 Å². The molecule has 0 saturated heterocycles. The van der Waals surface area contributed by atoms with E-state index in [0.29, 0.717) is 0 Å². The maximum atomic E-state index is 10.5. The Morgan fingerprint density at radius 3 is 2.78 bits per heavy atom. The molecule has 0 fully saturated rings. The van der Waals surface area contributed by atoms with Gasteiger partial charge in [-0.15, -0.1) is 0 Å². The normalized spacial score (nSPS) is 8.89. The summed E-state index contributed by atoms with van der Waals surface area (Å²) in [6.45, 7) is 0. The van der Waals surface area contributed by atoms with E-state index >= 15 is 0 Å². The fourth-order valence-corrected chi connectivity index (χ4v) is 0.485. The van der Waals surface area contributed by atoms with Crippen molar-refractivity contribution >= 4 is 0 Å². The molecule has 1 aromatic heterocycles. The second kappa shape index (κ2) is 1.78. The summed E-state index contributed by atoms with van der Waals surface area (Å²) in [7, 11) is 1.51. The molecule has 0 bridgehead atoms. The first kappa shape index (κ1) is 5.63. The van der Waals surface area contributed by atoms with E-state index < -0.39 is 0 Å². The van der Waals surface area contributed by atoms with Crippen molar-refractivity contribution in [3.8, 4) is 6.07 Å². The summed E-state index contributed by atoms with van der Waals surface area (Å²) < 4.78 is 1.19. The number of nitriles is 1. The van der Waals surface area contributed by atoms with Gasteiger partial charge in [-0.2, -0.15) is 5.26 Å². The molecule has 1 aromatic rings. The van der Waals surface area contributed by atoms with Crippen molar-refractivity contribution in [3.05, 3.63) is 22.4 Å². The van der Waals surface area contributed by atoms with Crippen LogP contribution < -0.4 is 5.69 Å². The van der Waals surface area contributed by atoms with Crippen molar-refractivity contribution in [1.29, 1.82) is 5.26 Å². The summed E-state index contributed by atoms with van der Waals surface area (Å²) >= 11 is 0. The minimum atomic E-state index is -0.313. The van der Waals surface area contributed by atoms with Crippen LogP contribution in [-0.4, -0.2) is 9.55 Å². The van der Waals surface area contributed by atoms with Gasteiger partial charge < -0.3 is 4.98 Å². The average Bonchev–Trinajstić information content (AvgIpc) is 2.15. The van der Waals surface area contributed by atoms with Crippen LogP contribution >= 0.6 is 0 Å². The number of H-pyrrole nitrogens is 1. The van der Waals surface area contributed by atoms with Crippen LogP contribution in [0.3, 0.4) is 0 Å². The molecule has 9 heavy (non-hydrogen) atoms. The fraction of sp³-hybridized carbons (Fsp3) is 0.200. The van der Waals surface area contributed by atoms with Crippen molar-refractivity contribution in [2.45, 2.75) is 0 Å². The molecule has 45 valence electrons. The van der Waals surface area contributed by atoms with E-state index in [9.17, 15) is 4.79 Å². The van der Waals surface area contributed by atoms with Crippen LogP contribution in [0.1, 0.15) is 5.69 Å². The largest absolute Gasteiger partial charge is 0.326 e. The van der Waals surface area contributed by atoms with Gasteiger partial charge in [-0.05, 0) is 0 Å². The van der Waals surface area contributed by atoms with Crippen LogP contribution in [0.15, 0.2) is 4.79 Å². The highest BCUT2D eigenvalue weighted by Gasteiger charge is 1.97. The molecule has 1 radical (unpaired) electrons. The first-order valence-corrected chi connectivity index (χ1v) is 2.32. The van der Waals surface area contributed by atoms with E-state index in [1.165, 1.54) is 11.6 Å². The second-order valence-corrected chi connectivity index (χ2v) is 1.57. The fourth-order valence-electron chi connectivity index (χ4n) is 0.485. The predicted molar refractivity (Wildman–Crippen MR) is 29.6 cm³/mol. The van der Waals surface area contributed by atoms with E-state index in [2.05, 4.69) is 11.2 Å². The summed E-state index contributed by atoms with van der Waals surface area (Å²) in [6, 6.07) is 1.79. The number of aromatic amines is 1. The molecule has 0 aliphatic rings. The molecule has 0 aliphatic carbocycles. The molecule has 4 heteroatoms. The Morgan fingerprint density at radius 1 is 1.89 bits per heavy atom. The van der Waals surface area contributed by atoms with Crippen molar-refractivity contribution in [3.63, 3.8) is 0 Å². The topological polar surface area (TPSA) is 61.6 Å². The van der Waals surface area contributed by atoms with Gasteiger partial charge in [0, 0.05) is 7.05 Å². The van der Waals surface area contributed by atoms with Crippen LogP contribution in [0.25, 0.3) is 0 Å². The van der Waals surface area contributed by atoms with Gasteiger partial charge in [-0.3, -0.25) is 4.57 Å². The van der Waals surface area contributed by atoms with E-state index in [0.717, 1.165) is 0 Å². The van der Waals surface area contributed by atoms with E-state index in [1.54, 1.807) is 6.07 Å². The number of aromatic nitrogens is 2. The highest BCUT2D eigenvalue weighted by molar-refractivity contribution is 5.14. The number of imidazole rings is 1. The monoisotopic (exact) mass is 122 g/mol. The SMILES string of the molecule is Cn1c(C#N)[c][nH]c1=O. The third-order valence-corrected chi connectivity index (χ3v) is 1.03. The molecule has 0 spiro atoms. The quantitative estimate of drug-likeness (QED) is 0.498. The maximum Gasteiger partial charge on any atom is 0.326 e. The van der Waals surface area contributed by atoms with Gasteiger partial charge in [0.05, 0.1) is 0 Å². The first-order chi connectivity index (χ1) is 4.25. The van der Waals surface area contributed by atoms with Gasteiger partial charge in [-0.1, -0.05) is 0 Å². The minimum Gasteiger partial charge on any atom is -0.303 e. The minimum absolute atomic E-state index is 0.222. The lowest BCUT2D eigenvalue weighted by Crippen LogP contribution is -2.13. The van der Waals surface area contributed by atoms with Crippen LogP contribution in [-0.2, 0) is 7.05 Å². The lowest BCUT2D eigenvalue weighted by molar-refractivity contribution is 0.848. The molecule has 1 heterocycles. The summed E-state index contributed by atoms with van der Waals surface area (Å²) in [6.07, 6.45) is 2.39. The lowest BCUT2D eigenvalue weighted by Gasteiger charge is -1.83. The molecule has 0 unspecified atom stereocenters. The molecule has 4 nitrogen and oxygen atoms in total. The molecule has 0 aliphatic heterocycles. The van der Waals surface area contributed by atoms with Gasteiger partial charge in [0.1, 0.15) is 18.0 Å². The lowest BCUT2D eigenvalue weighted by atomic mass is 10.5. The highest BCUT2D eigenvalue weighted by Crippen LogP contribution is 1.83. The smallest absolute Gasteiger partial charge is 0.303 e. The third kappa shape index (κ3) is 0.722. The van der Waals surface area contributed by atoms with Crippen LogP contribution in [0.4, 0.5) is 0 Å². The predicted octanol–water partition coefficient (Wildman–Crippen LogP) is -0.615. The molecular weight excluding hydrogens is 118 g/mol. The molecule has 1 rings (SSSR count). The Labute approximate surface area is 51.4 Å². The summed E-state index contributed by atoms with van der Waals surface area (Å²) in [4.78, 5) is 12.8. The number of rotatable bonds is 0. The van der Waals surface area contributed by atoms with Crippen molar-refractivity contribution in [2.75, 3.05) is 0 Å². The van der Waals surface area contributed by atoms with Crippen LogP contribution in [0.2, 0.25) is 0 Å². The standard InChI is InChI=1S/C5H4N3O/c1-8-4(2-6)3-7-5(8)9/h1H3,(H,7,9). The van der Waals surface area contributed by atoms with Crippen LogP contribution in [0.5, 0.6) is 0 Å². The van der Waals surface area contributed by atoms with Gasteiger partial charge in [-0.25, -0.2) is 4.79 Å². The second-order valence-electron chi connectivity index (χ2n) is 1.57. The average molecular weight is 122 g/mol. The Balaban J connectivity index is 3.41. The molecule has 0 aromatic carbocycles. The maximum absolute atomic E-state index is 10.5. The Hall–Kier alpha value is -1.50. The van der Waals surface area contributed by atoms with Gasteiger partial charge >= 0.3 is 5.69 Å². The highest BCUT2D eigenvalue weighted by atomic mass is 16.1. The zero-order valence-electron chi connectivity index (χ0n) is 4.80. The molecular formula is C5H4N3O. The molecule has 0 atom stereocenters. The molecule has 1 N–H and O–H groups in total. The number of nitrogens with zero attached hydrogens (tertiary/aromatic N) is 2. The van der Waals surface area contributed by atoms with Crippen molar-refractivity contribution < 1.29 is 0 Å². The summed E-state index contributed by atoms with van der Waals surface area (Å²) in [5, 5.41) is 8.27. The zero-order chi connectivity index (χ0) is 6.85. The van der Waals surface area contributed by atoms with Gasteiger partial charge in [0.25, 0.3) is 0 Å². The third-order valence-electron chi connectivity index (χ3n) is 1.03. The van der Waals surface area contributed by atoms with Crippen molar-refractivity contribution in [1.82, 2.24) is 9.55 Å². The first-order valence-electron chi connectivity index (χ1n) is 2.32. The van der Waals surface area contributed by atoms with E-state index in [1.807, 2.05) is 0 Å². The van der Waals surface area contributed by atoms with E-state index in [4.69, 9.17) is 5.26 Å². The Morgan fingerprint density at radius 2 is 2.56 bits per heavy atom. The summed E-state index contributed by atoms with van der Waals surface area (Å²) in [5.41, 5.74) is -0.0912. The number of hydrogen-bond acceptors (Lipinski definition) is 2. The molecule has 0 amide bonds. The number of hydrogen-bond donors (Lipinski definition) is 1. The van der Waals surface area contributed by atoms with E-state index in [-0.39, 0.29) is 11.4 Å². The van der Waals surface area contributed by atoms with Crippen molar-refractivity contribution in [2.24, 2.45) is 7.05 Å². The van der Waals surface area contributed by atoms with Gasteiger partial charge in [0.2, 0.25) is 0 Å².